The molecular weight excluding hydrogens is 268 g/mol. The summed E-state index contributed by atoms with van der Waals surface area (Å²) < 4.78 is 1.93. The van der Waals surface area contributed by atoms with Gasteiger partial charge in [0.05, 0.1) is 5.69 Å². The maximum atomic E-state index is 11.0. The number of carboxylic acid groups (broad SMARTS) is 1. The molecule has 21 heavy (non-hydrogen) atoms. The molecule has 0 saturated carbocycles. The second-order valence-electron chi connectivity index (χ2n) is 5.94. The number of hydrogen-bond donors (Lipinski definition) is 2. The van der Waals surface area contributed by atoms with Gasteiger partial charge in [0.1, 0.15) is 6.04 Å². The molecule has 6 heteroatoms. The predicted octanol–water partition coefficient (Wildman–Crippen LogP) is 1.85. The first-order chi connectivity index (χ1) is 10.2. The van der Waals surface area contributed by atoms with Crippen LogP contribution in [0.4, 0.5) is 0 Å². The Labute approximate surface area is 125 Å². The molecule has 0 aliphatic carbocycles. The average molecular weight is 294 g/mol. The molecule has 1 saturated heterocycles. The summed E-state index contributed by atoms with van der Waals surface area (Å²) >= 11 is 0. The first kappa shape index (κ1) is 15.9. The highest BCUT2D eigenvalue weighted by Crippen LogP contribution is 2.21. The lowest BCUT2D eigenvalue weighted by Crippen LogP contribution is -2.35. The first-order valence-electron chi connectivity index (χ1n) is 8.04. The summed E-state index contributed by atoms with van der Waals surface area (Å²) in [6, 6.07) is -0.359. The van der Waals surface area contributed by atoms with Crippen molar-refractivity contribution >= 4 is 5.97 Å². The molecule has 0 spiro atoms. The molecule has 2 atom stereocenters. The van der Waals surface area contributed by atoms with Gasteiger partial charge in [-0.05, 0) is 51.0 Å². The summed E-state index contributed by atoms with van der Waals surface area (Å²) in [5.41, 5.74) is 1.07. The standard InChI is InChI=1S/C15H26N4O2/c1-2-4-13-11-19(18-17-13)10-3-5-12-6-7-14(15(20)21)16-9-8-12/h11-12,14,16H,2-10H2,1H3,(H,20,21). The van der Waals surface area contributed by atoms with E-state index in [1.54, 1.807) is 0 Å². The van der Waals surface area contributed by atoms with E-state index in [-0.39, 0.29) is 6.04 Å². The van der Waals surface area contributed by atoms with E-state index in [2.05, 4.69) is 22.6 Å². The van der Waals surface area contributed by atoms with Gasteiger partial charge in [0.25, 0.3) is 0 Å². The minimum absolute atomic E-state index is 0.359. The quantitative estimate of drug-likeness (QED) is 0.802. The molecule has 1 fully saturated rings. The van der Waals surface area contributed by atoms with Crippen LogP contribution in [0.25, 0.3) is 0 Å². The van der Waals surface area contributed by atoms with E-state index in [1.807, 2.05) is 10.9 Å². The molecule has 0 amide bonds. The summed E-state index contributed by atoms with van der Waals surface area (Å²) in [6.07, 6.45) is 9.16. The highest BCUT2D eigenvalue weighted by atomic mass is 16.4. The summed E-state index contributed by atoms with van der Waals surface area (Å²) in [5.74, 6) is -0.0952. The van der Waals surface area contributed by atoms with Crippen LogP contribution < -0.4 is 5.32 Å². The number of aromatic nitrogens is 3. The third-order valence-electron chi connectivity index (χ3n) is 4.20. The summed E-state index contributed by atoms with van der Waals surface area (Å²) in [5, 5.41) is 20.4. The maximum absolute atomic E-state index is 11.0. The van der Waals surface area contributed by atoms with Gasteiger partial charge in [0.15, 0.2) is 0 Å². The van der Waals surface area contributed by atoms with E-state index >= 15 is 0 Å². The Morgan fingerprint density at radius 2 is 2.33 bits per heavy atom. The minimum atomic E-state index is -0.721. The lowest BCUT2D eigenvalue weighted by Gasteiger charge is -2.13. The number of nitrogens with zero attached hydrogens (tertiary/aromatic N) is 3. The normalized spacial score (nSPS) is 22.9. The molecule has 0 bridgehead atoms. The Morgan fingerprint density at radius 1 is 1.48 bits per heavy atom. The number of rotatable bonds is 7. The van der Waals surface area contributed by atoms with Crippen LogP contribution >= 0.6 is 0 Å². The van der Waals surface area contributed by atoms with Gasteiger partial charge >= 0.3 is 5.97 Å². The average Bonchev–Trinajstić information content (AvgIpc) is 2.75. The Hall–Kier alpha value is -1.43. The predicted molar refractivity (Wildman–Crippen MR) is 80.0 cm³/mol. The third-order valence-corrected chi connectivity index (χ3v) is 4.20. The van der Waals surface area contributed by atoms with Gasteiger partial charge in [-0.25, -0.2) is 0 Å². The molecule has 0 aromatic carbocycles. The molecular formula is C15H26N4O2. The fraction of sp³-hybridized carbons (Fsp3) is 0.800. The molecule has 2 N–H and O–H groups in total. The molecule has 2 unspecified atom stereocenters. The first-order valence-corrected chi connectivity index (χ1v) is 8.04. The Kier molecular flexibility index (Phi) is 6.17. The zero-order chi connectivity index (χ0) is 15.1. The zero-order valence-electron chi connectivity index (χ0n) is 12.8. The van der Waals surface area contributed by atoms with E-state index in [1.165, 1.54) is 0 Å². The number of carboxylic acids is 1. The lowest BCUT2D eigenvalue weighted by molar-refractivity contribution is -0.139. The number of nitrogens with one attached hydrogen (secondary N) is 1. The van der Waals surface area contributed by atoms with Crippen LogP contribution in [-0.4, -0.2) is 38.7 Å². The highest BCUT2D eigenvalue weighted by molar-refractivity contribution is 5.73. The summed E-state index contributed by atoms with van der Waals surface area (Å²) in [4.78, 5) is 11.0. The lowest BCUT2D eigenvalue weighted by atomic mass is 9.94. The van der Waals surface area contributed by atoms with Crippen LogP contribution in [0.5, 0.6) is 0 Å². The number of hydrogen-bond acceptors (Lipinski definition) is 4. The molecule has 1 aromatic rings. The molecule has 6 nitrogen and oxygen atoms in total. The maximum Gasteiger partial charge on any atom is 0.320 e. The van der Waals surface area contributed by atoms with E-state index in [4.69, 9.17) is 5.11 Å². The van der Waals surface area contributed by atoms with E-state index < -0.39 is 5.97 Å². The van der Waals surface area contributed by atoms with Gasteiger partial charge in [0.2, 0.25) is 0 Å². The topological polar surface area (TPSA) is 80.0 Å². The number of aliphatic carboxylic acids is 1. The van der Waals surface area contributed by atoms with Gasteiger partial charge in [-0.3, -0.25) is 9.48 Å². The van der Waals surface area contributed by atoms with Crippen molar-refractivity contribution in [2.24, 2.45) is 5.92 Å². The van der Waals surface area contributed by atoms with Crippen LogP contribution in [0.2, 0.25) is 0 Å². The molecule has 1 aliphatic heterocycles. The largest absolute Gasteiger partial charge is 0.480 e. The monoisotopic (exact) mass is 294 g/mol. The van der Waals surface area contributed by atoms with Crippen molar-refractivity contribution in [1.82, 2.24) is 20.3 Å². The van der Waals surface area contributed by atoms with E-state index in [9.17, 15) is 4.79 Å². The number of aryl methyl sites for hydroxylation is 2. The minimum Gasteiger partial charge on any atom is -0.480 e. The van der Waals surface area contributed by atoms with E-state index in [0.717, 1.165) is 63.7 Å². The van der Waals surface area contributed by atoms with Gasteiger partial charge in [-0.1, -0.05) is 18.6 Å². The van der Waals surface area contributed by atoms with Crippen LogP contribution in [0.15, 0.2) is 6.20 Å². The highest BCUT2D eigenvalue weighted by Gasteiger charge is 2.22. The zero-order valence-corrected chi connectivity index (χ0v) is 12.8. The summed E-state index contributed by atoms with van der Waals surface area (Å²) in [7, 11) is 0. The molecule has 118 valence electrons. The Bertz CT molecular complexity index is 447. The SMILES string of the molecule is CCCc1cn(CCCC2CCNC(C(=O)O)CC2)nn1. The van der Waals surface area contributed by atoms with Crippen molar-refractivity contribution in [3.05, 3.63) is 11.9 Å². The van der Waals surface area contributed by atoms with Crippen molar-refractivity contribution in [1.29, 1.82) is 0 Å². The van der Waals surface area contributed by atoms with Crippen LogP contribution in [-0.2, 0) is 17.8 Å². The molecule has 2 rings (SSSR count). The van der Waals surface area contributed by atoms with Crippen molar-refractivity contribution in [3.63, 3.8) is 0 Å². The van der Waals surface area contributed by atoms with Crippen LogP contribution in [0.3, 0.4) is 0 Å². The van der Waals surface area contributed by atoms with Gasteiger partial charge in [-0.15, -0.1) is 5.10 Å². The fourth-order valence-corrected chi connectivity index (χ4v) is 2.97. The van der Waals surface area contributed by atoms with Crippen molar-refractivity contribution in [2.45, 2.75) is 64.5 Å². The molecule has 0 radical (unpaired) electrons. The van der Waals surface area contributed by atoms with E-state index in [0.29, 0.717) is 5.92 Å². The van der Waals surface area contributed by atoms with Crippen LogP contribution in [0, 0.1) is 5.92 Å². The fourth-order valence-electron chi connectivity index (χ4n) is 2.97. The smallest absolute Gasteiger partial charge is 0.320 e. The van der Waals surface area contributed by atoms with Gasteiger partial charge in [-0.2, -0.15) is 0 Å². The summed E-state index contributed by atoms with van der Waals surface area (Å²) in [6.45, 7) is 3.86. The number of carbonyl (C=O) groups is 1. The van der Waals surface area contributed by atoms with Crippen molar-refractivity contribution < 1.29 is 9.90 Å². The van der Waals surface area contributed by atoms with Gasteiger partial charge in [0, 0.05) is 12.7 Å². The molecule has 1 aliphatic rings. The van der Waals surface area contributed by atoms with Gasteiger partial charge < -0.3 is 10.4 Å². The van der Waals surface area contributed by atoms with Crippen LogP contribution in [0.1, 0.15) is 51.1 Å². The second-order valence-corrected chi connectivity index (χ2v) is 5.94. The van der Waals surface area contributed by atoms with Crippen molar-refractivity contribution in [3.8, 4) is 0 Å². The molecule has 2 heterocycles. The molecule has 1 aromatic heterocycles. The third kappa shape index (κ3) is 5.12. The Balaban J connectivity index is 1.69. The van der Waals surface area contributed by atoms with Crippen molar-refractivity contribution in [2.75, 3.05) is 6.54 Å². The Morgan fingerprint density at radius 3 is 3.10 bits per heavy atom. The second kappa shape index (κ2) is 8.12.